The Kier molecular flexibility index (Phi) is 7.49. The zero-order valence-corrected chi connectivity index (χ0v) is 17.0. The molecule has 0 N–H and O–H groups in total. The largest absolute Gasteiger partial charge is 0.462 e. The number of hydrogen-bond acceptors (Lipinski definition) is 6. The van der Waals surface area contributed by atoms with E-state index in [0.29, 0.717) is 6.42 Å². The molecule has 29 heavy (non-hydrogen) atoms. The van der Waals surface area contributed by atoms with Crippen LogP contribution in [0.4, 0.5) is 5.69 Å². The molecule has 2 rings (SSSR count). The second-order valence-electron chi connectivity index (χ2n) is 6.29. The zero-order chi connectivity index (χ0) is 21.4. The van der Waals surface area contributed by atoms with Gasteiger partial charge in [0.15, 0.2) is 0 Å². The van der Waals surface area contributed by atoms with E-state index in [1.807, 2.05) is 31.2 Å². The molecular formula is C20H22N2O6S. The maximum atomic E-state index is 13.0. The van der Waals surface area contributed by atoms with Crippen LogP contribution in [0.25, 0.3) is 0 Å². The van der Waals surface area contributed by atoms with E-state index in [9.17, 15) is 23.3 Å². The van der Waals surface area contributed by atoms with E-state index >= 15 is 0 Å². The van der Waals surface area contributed by atoms with Crippen LogP contribution in [0.2, 0.25) is 0 Å². The second-order valence-corrected chi connectivity index (χ2v) is 8.18. The van der Waals surface area contributed by atoms with Crippen molar-refractivity contribution in [1.82, 2.24) is 4.31 Å². The summed E-state index contributed by atoms with van der Waals surface area (Å²) in [5, 5.41) is 10.8. The Bertz CT molecular complexity index is 1000. The molecule has 0 unspecified atom stereocenters. The minimum absolute atomic E-state index is 0.0634. The molecule has 0 bridgehead atoms. The van der Waals surface area contributed by atoms with Crippen LogP contribution in [0.5, 0.6) is 0 Å². The quantitative estimate of drug-likeness (QED) is 0.352. The molecule has 0 atom stereocenters. The summed E-state index contributed by atoms with van der Waals surface area (Å²) in [5.41, 5.74) is 1.85. The number of carbonyl (C=O) groups excluding carboxylic acids is 1. The topological polar surface area (TPSA) is 107 Å². The van der Waals surface area contributed by atoms with E-state index in [0.717, 1.165) is 27.6 Å². The fourth-order valence-electron chi connectivity index (χ4n) is 2.58. The van der Waals surface area contributed by atoms with Crippen molar-refractivity contribution in [3.8, 4) is 0 Å². The van der Waals surface area contributed by atoms with Crippen LogP contribution in [0, 0.1) is 17.0 Å². The summed E-state index contributed by atoms with van der Waals surface area (Å²) >= 11 is 0. The zero-order valence-electron chi connectivity index (χ0n) is 16.1. The van der Waals surface area contributed by atoms with Crippen molar-refractivity contribution in [2.75, 3.05) is 13.2 Å². The molecule has 0 radical (unpaired) electrons. The molecule has 154 valence electrons. The van der Waals surface area contributed by atoms with Gasteiger partial charge < -0.3 is 4.74 Å². The first-order chi connectivity index (χ1) is 13.7. The van der Waals surface area contributed by atoms with Crippen LogP contribution < -0.4 is 0 Å². The van der Waals surface area contributed by atoms with Gasteiger partial charge in [0, 0.05) is 31.8 Å². The number of ether oxygens (including phenoxy) is 1. The number of sulfonamides is 1. The Hall–Kier alpha value is -3.20. The number of aryl methyl sites for hydroxylation is 1. The highest BCUT2D eigenvalue weighted by atomic mass is 32.2. The van der Waals surface area contributed by atoms with Gasteiger partial charge in [-0.2, -0.15) is 0 Å². The predicted molar refractivity (Wildman–Crippen MR) is 108 cm³/mol. The fraction of sp³-hybridized carbons (Fsp3) is 0.250. The Morgan fingerprint density at radius 1 is 1.21 bits per heavy atom. The van der Waals surface area contributed by atoms with Gasteiger partial charge in [-0.1, -0.05) is 29.8 Å². The van der Waals surface area contributed by atoms with Crippen molar-refractivity contribution in [1.29, 1.82) is 0 Å². The Morgan fingerprint density at radius 2 is 1.90 bits per heavy atom. The predicted octanol–water partition coefficient (Wildman–Crippen LogP) is 3.21. The Morgan fingerprint density at radius 3 is 2.48 bits per heavy atom. The standard InChI is InChI=1S/C20H22N2O6S/c1-16-5-3-6-18(15-16)11-13-21(12-4-14-28-17(2)23)29(26,27)20-9-7-19(8-10-20)22(24)25/h3-10,12,15H,11,13-14H2,1-2H3/b12-4+. The van der Waals surface area contributed by atoms with Gasteiger partial charge in [-0.05, 0) is 37.1 Å². The first kappa shape index (κ1) is 22.1. The Labute approximate surface area is 169 Å². The lowest BCUT2D eigenvalue weighted by atomic mass is 10.1. The number of non-ortho nitro benzene ring substituents is 1. The van der Waals surface area contributed by atoms with E-state index in [2.05, 4.69) is 0 Å². The number of nitro benzene ring substituents is 1. The number of carbonyl (C=O) groups is 1. The average Bonchev–Trinajstić information content (AvgIpc) is 2.67. The summed E-state index contributed by atoms with van der Waals surface area (Å²) in [7, 11) is -3.94. The van der Waals surface area contributed by atoms with E-state index in [4.69, 9.17) is 4.74 Å². The molecule has 0 aromatic heterocycles. The highest BCUT2D eigenvalue weighted by molar-refractivity contribution is 7.89. The molecule has 0 amide bonds. The Balaban J connectivity index is 2.25. The first-order valence-corrected chi connectivity index (χ1v) is 10.3. The average molecular weight is 418 g/mol. The molecule has 0 fully saturated rings. The summed E-state index contributed by atoms with van der Waals surface area (Å²) < 4.78 is 32.0. The molecule has 0 aliphatic carbocycles. The van der Waals surface area contributed by atoms with Gasteiger partial charge in [0.05, 0.1) is 9.82 Å². The van der Waals surface area contributed by atoms with Crippen LogP contribution in [0.3, 0.4) is 0 Å². The molecule has 2 aromatic carbocycles. The van der Waals surface area contributed by atoms with Crippen LogP contribution in [-0.4, -0.2) is 36.8 Å². The smallest absolute Gasteiger partial charge is 0.302 e. The highest BCUT2D eigenvalue weighted by Crippen LogP contribution is 2.20. The molecule has 0 heterocycles. The molecule has 0 saturated carbocycles. The minimum Gasteiger partial charge on any atom is -0.462 e. The van der Waals surface area contributed by atoms with Crippen molar-refractivity contribution >= 4 is 21.7 Å². The van der Waals surface area contributed by atoms with Gasteiger partial charge >= 0.3 is 5.97 Å². The lowest BCUT2D eigenvalue weighted by Gasteiger charge is -2.21. The van der Waals surface area contributed by atoms with E-state index < -0.39 is 20.9 Å². The van der Waals surface area contributed by atoms with Crippen molar-refractivity contribution in [2.24, 2.45) is 0 Å². The first-order valence-electron chi connectivity index (χ1n) is 8.82. The number of nitro groups is 1. The third-order valence-electron chi connectivity index (χ3n) is 4.01. The van der Waals surface area contributed by atoms with Crippen molar-refractivity contribution < 1.29 is 22.9 Å². The number of rotatable bonds is 9. The van der Waals surface area contributed by atoms with Gasteiger partial charge in [-0.3, -0.25) is 19.2 Å². The molecule has 0 spiro atoms. The van der Waals surface area contributed by atoms with Crippen LogP contribution in [-0.2, 0) is 26.0 Å². The molecule has 0 saturated heterocycles. The highest BCUT2D eigenvalue weighted by Gasteiger charge is 2.22. The monoisotopic (exact) mass is 418 g/mol. The number of hydrogen-bond donors (Lipinski definition) is 0. The summed E-state index contributed by atoms with van der Waals surface area (Å²) in [6.07, 6.45) is 3.24. The van der Waals surface area contributed by atoms with Crippen LogP contribution in [0.15, 0.2) is 65.7 Å². The van der Waals surface area contributed by atoms with Gasteiger partial charge in [0.1, 0.15) is 6.61 Å². The third-order valence-corrected chi connectivity index (χ3v) is 5.80. The molecule has 0 aliphatic heterocycles. The molecule has 8 nitrogen and oxygen atoms in total. The second kappa shape index (κ2) is 9.83. The summed E-state index contributed by atoms with van der Waals surface area (Å²) in [6, 6.07) is 12.4. The lowest BCUT2D eigenvalue weighted by molar-refractivity contribution is -0.384. The van der Waals surface area contributed by atoms with Crippen molar-refractivity contribution in [2.45, 2.75) is 25.2 Å². The van der Waals surface area contributed by atoms with Gasteiger partial charge in [0.25, 0.3) is 15.7 Å². The molecule has 0 aliphatic rings. The maximum absolute atomic E-state index is 13.0. The van der Waals surface area contributed by atoms with Gasteiger partial charge in [-0.15, -0.1) is 0 Å². The number of benzene rings is 2. The van der Waals surface area contributed by atoms with Crippen LogP contribution >= 0.6 is 0 Å². The minimum atomic E-state index is -3.94. The molecule has 2 aromatic rings. The summed E-state index contributed by atoms with van der Waals surface area (Å²) in [5.74, 6) is -0.473. The fourth-order valence-corrected chi connectivity index (χ4v) is 3.91. The van der Waals surface area contributed by atoms with E-state index in [-0.39, 0.29) is 23.7 Å². The van der Waals surface area contributed by atoms with Crippen molar-refractivity contribution in [3.63, 3.8) is 0 Å². The molecule has 9 heteroatoms. The lowest BCUT2D eigenvalue weighted by Crippen LogP contribution is -2.28. The van der Waals surface area contributed by atoms with Crippen LogP contribution in [0.1, 0.15) is 18.1 Å². The SMILES string of the molecule is CC(=O)OC/C=C/N(CCc1cccc(C)c1)S(=O)(=O)c1ccc([N+](=O)[O-])cc1. The van der Waals surface area contributed by atoms with Gasteiger partial charge in [-0.25, -0.2) is 8.42 Å². The maximum Gasteiger partial charge on any atom is 0.302 e. The molecular weight excluding hydrogens is 396 g/mol. The normalized spacial score (nSPS) is 11.4. The third kappa shape index (κ3) is 6.42. The number of esters is 1. The van der Waals surface area contributed by atoms with Crippen molar-refractivity contribution in [3.05, 3.63) is 82.0 Å². The van der Waals surface area contributed by atoms with E-state index in [1.54, 1.807) is 0 Å². The summed E-state index contributed by atoms with van der Waals surface area (Å²) in [6.45, 7) is 3.30. The van der Waals surface area contributed by atoms with Gasteiger partial charge in [0.2, 0.25) is 0 Å². The number of nitrogens with zero attached hydrogens (tertiary/aromatic N) is 2. The van der Waals surface area contributed by atoms with E-state index in [1.165, 1.54) is 31.3 Å². The summed E-state index contributed by atoms with van der Waals surface area (Å²) in [4.78, 5) is 21.0.